The van der Waals surface area contributed by atoms with E-state index < -0.39 is 11.8 Å². The van der Waals surface area contributed by atoms with Crippen LogP contribution in [-0.4, -0.2) is 17.4 Å². The van der Waals surface area contributed by atoms with Gasteiger partial charge in [-0.05, 0) is 44.4 Å². The Balaban J connectivity index is 3.00. The van der Waals surface area contributed by atoms with Gasteiger partial charge in [0.15, 0.2) is 0 Å². The maximum Gasteiger partial charge on any atom is 0.224 e. The lowest BCUT2D eigenvalue weighted by Gasteiger charge is -2.38. The van der Waals surface area contributed by atoms with Gasteiger partial charge in [0.1, 0.15) is 0 Å². The molecule has 0 aromatic carbocycles. The fourth-order valence-corrected chi connectivity index (χ4v) is 4.16. The quantitative estimate of drug-likeness (QED) is 0.771. The van der Waals surface area contributed by atoms with Crippen molar-refractivity contribution in [3.63, 3.8) is 0 Å². The van der Waals surface area contributed by atoms with E-state index in [1.807, 2.05) is 41.5 Å². The lowest BCUT2D eigenvalue weighted by molar-refractivity contribution is -0.139. The largest absolute Gasteiger partial charge is 0.369 e. The minimum atomic E-state index is -0.414. The average molecular weight is 339 g/mol. The molecule has 0 bridgehead atoms. The lowest BCUT2D eigenvalue weighted by Crippen LogP contribution is -2.51. The van der Waals surface area contributed by atoms with E-state index in [0.29, 0.717) is 18.3 Å². The van der Waals surface area contributed by atoms with Gasteiger partial charge in [0.2, 0.25) is 11.8 Å². The van der Waals surface area contributed by atoms with Crippen LogP contribution in [0.5, 0.6) is 0 Å². The van der Waals surface area contributed by atoms with Crippen LogP contribution in [0.1, 0.15) is 80.6 Å². The molecule has 24 heavy (non-hydrogen) atoms. The molecule has 0 saturated heterocycles. The van der Waals surface area contributed by atoms with E-state index in [9.17, 15) is 9.59 Å². The Morgan fingerprint density at radius 1 is 1.08 bits per heavy atom. The molecule has 4 nitrogen and oxygen atoms in total. The molecule has 1 rings (SSSR count). The monoisotopic (exact) mass is 338 g/mol. The van der Waals surface area contributed by atoms with Gasteiger partial charge in [0, 0.05) is 5.54 Å². The minimum Gasteiger partial charge on any atom is -0.369 e. The summed E-state index contributed by atoms with van der Waals surface area (Å²) < 4.78 is 0. The first-order valence-corrected chi connectivity index (χ1v) is 9.44. The number of nitrogens with two attached hydrogens (primary N) is 1. The van der Waals surface area contributed by atoms with Crippen molar-refractivity contribution < 1.29 is 9.59 Å². The molecule has 3 atom stereocenters. The van der Waals surface area contributed by atoms with E-state index in [0.717, 1.165) is 0 Å². The lowest BCUT2D eigenvalue weighted by atomic mass is 9.68. The predicted molar refractivity (Wildman–Crippen MR) is 99.3 cm³/mol. The van der Waals surface area contributed by atoms with E-state index in [1.165, 1.54) is 25.7 Å². The Morgan fingerprint density at radius 2 is 1.58 bits per heavy atom. The summed E-state index contributed by atoms with van der Waals surface area (Å²) >= 11 is 0. The number of amides is 2. The highest BCUT2D eigenvalue weighted by atomic mass is 16.2. The molecule has 0 aromatic rings. The Labute approximate surface area is 148 Å². The van der Waals surface area contributed by atoms with Crippen molar-refractivity contribution in [1.29, 1.82) is 0 Å². The first-order valence-electron chi connectivity index (χ1n) is 9.44. The third kappa shape index (κ3) is 6.10. The molecule has 0 heterocycles. The molecular formula is C20H38N2O2. The second-order valence-electron chi connectivity index (χ2n) is 9.85. The van der Waals surface area contributed by atoms with Gasteiger partial charge in [-0.3, -0.25) is 9.59 Å². The fraction of sp³-hybridized carbons (Fsp3) is 0.900. The zero-order valence-electron chi connectivity index (χ0n) is 16.7. The van der Waals surface area contributed by atoms with Crippen molar-refractivity contribution in [1.82, 2.24) is 5.32 Å². The molecule has 0 aliphatic heterocycles. The second kappa shape index (κ2) is 7.88. The highest BCUT2D eigenvalue weighted by Crippen LogP contribution is 2.40. The van der Waals surface area contributed by atoms with E-state index >= 15 is 0 Å². The summed E-state index contributed by atoms with van der Waals surface area (Å²) in [5, 5.41) is 3.06. The zero-order chi connectivity index (χ0) is 18.7. The van der Waals surface area contributed by atoms with Crippen molar-refractivity contribution in [3.8, 4) is 0 Å². The third-order valence-corrected chi connectivity index (χ3v) is 5.31. The van der Waals surface area contributed by atoms with Crippen LogP contribution in [0.4, 0.5) is 0 Å². The normalized spacial score (nSPS) is 20.5. The molecular weight excluding hydrogens is 300 g/mol. The number of nitrogens with one attached hydrogen (secondary N) is 1. The van der Waals surface area contributed by atoms with Gasteiger partial charge in [0.05, 0.1) is 11.8 Å². The maximum atomic E-state index is 12.9. The topological polar surface area (TPSA) is 72.2 Å². The predicted octanol–water partition coefficient (Wildman–Crippen LogP) is 3.88. The van der Waals surface area contributed by atoms with Crippen molar-refractivity contribution >= 4 is 11.8 Å². The molecule has 1 saturated carbocycles. The molecule has 3 N–H and O–H groups in total. The summed E-state index contributed by atoms with van der Waals surface area (Å²) in [6.45, 7) is 14.2. The maximum absolute atomic E-state index is 12.9. The Morgan fingerprint density at radius 3 is 1.96 bits per heavy atom. The van der Waals surface area contributed by atoms with Gasteiger partial charge < -0.3 is 11.1 Å². The Hall–Kier alpha value is -1.06. The number of rotatable bonds is 6. The van der Waals surface area contributed by atoms with E-state index in [-0.39, 0.29) is 22.8 Å². The molecule has 2 amide bonds. The zero-order valence-corrected chi connectivity index (χ0v) is 16.7. The van der Waals surface area contributed by atoms with Crippen LogP contribution < -0.4 is 11.1 Å². The van der Waals surface area contributed by atoms with Crippen LogP contribution in [0, 0.1) is 29.1 Å². The first kappa shape index (κ1) is 21.0. The summed E-state index contributed by atoms with van der Waals surface area (Å²) in [6, 6.07) is 0. The fourth-order valence-electron chi connectivity index (χ4n) is 4.16. The van der Waals surface area contributed by atoms with E-state index in [4.69, 9.17) is 5.73 Å². The van der Waals surface area contributed by atoms with Crippen LogP contribution in [-0.2, 0) is 9.59 Å². The van der Waals surface area contributed by atoms with Gasteiger partial charge in [-0.15, -0.1) is 0 Å². The molecule has 1 fully saturated rings. The van der Waals surface area contributed by atoms with Gasteiger partial charge in [-0.2, -0.15) is 0 Å². The van der Waals surface area contributed by atoms with Crippen LogP contribution in [0.25, 0.3) is 0 Å². The van der Waals surface area contributed by atoms with Crippen molar-refractivity contribution in [2.75, 3.05) is 0 Å². The number of carbonyl (C=O) groups excluding carboxylic acids is 2. The summed E-state index contributed by atoms with van der Waals surface area (Å²) in [5.74, 6) is -0.127. The molecule has 0 spiro atoms. The summed E-state index contributed by atoms with van der Waals surface area (Å²) in [5.41, 5.74) is 5.13. The number of carbonyl (C=O) groups is 2. The number of primary amides is 1. The molecule has 0 radical (unpaired) electrons. The first-order chi connectivity index (χ1) is 10.8. The highest BCUT2D eigenvalue weighted by molar-refractivity contribution is 5.87. The van der Waals surface area contributed by atoms with Crippen LogP contribution in [0.15, 0.2) is 0 Å². The van der Waals surface area contributed by atoms with Crippen molar-refractivity contribution in [3.05, 3.63) is 0 Å². The van der Waals surface area contributed by atoms with Gasteiger partial charge in [-0.25, -0.2) is 0 Å². The standard InChI is InChI=1S/C20H38N2O2/c1-13(14-10-8-9-11-14)12-15(17(21)23)16(19(2,3)4)18(24)22-20(5,6)7/h13-16H,8-12H2,1-7H3,(H2,21,23)(H,22,24)/t13?,15-,16?/m0/s1. The summed E-state index contributed by atoms with van der Waals surface area (Å²) in [4.78, 5) is 25.2. The van der Waals surface area contributed by atoms with Crippen LogP contribution >= 0.6 is 0 Å². The Bertz CT molecular complexity index is 440. The summed E-state index contributed by atoms with van der Waals surface area (Å²) in [6.07, 6.45) is 5.74. The number of hydrogen-bond acceptors (Lipinski definition) is 2. The summed E-state index contributed by atoms with van der Waals surface area (Å²) in [7, 11) is 0. The van der Waals surface area contributed by atoms with Crippen LogP contribution in [0.3, 0.4) is 0 Å². The van der Waals surface area contributed by atoms with Crippen molar-refractivity contribution in [2.45, 2.75) is 86.1 Å². The SMILES string of the molecule is CC(C[C@H](C(N)=O)C(C(=O)NC(C)(C)C)C(C)(C)C)C1CCCC1. The average Bonchev–Trinajstić information content (AvgIpc) is 2.87. The highest BCUT2D eigenvalue weighted by Gasteiger charge is 2.42. The van der Waals surface area contributed by atoms with Gasteiger partial charge in [-0.1, -0.05) is 53.4 Å². The smallest absolute Gasteiger partial charge is 0.224 e. The van der Waals surface area contributed by atoms with Crippen LogP contribution in [0.2, 0.25) is 0 Å². The van der Waals surface area contributed by atoms with E-state index in [2.05, 4.69) is 12.2 Å². The molecule has 0 aromatic heterocycles. The molecule has 1 aliphatic carbocycles. The van der Waals surface area contributed by atoms with Gasteiger partial charge in [0.25, 0.3) is 0 Å². The van der Waals surface area contributed by atoms with Crippen molar-refractivity contribution in [2.24, 2.45) is 34.8 Å². The second-order valence-corrected chi connectivity index (χ2v) is 9.85. The minimum absolute atomic E-state index is 0.0579. The third-order valence-electron chi connectivity index (χ3n) is 5.31. The molecule has 140 valence electrons. The molecule has 4 heteroatoms. The van der Waals surface area contributed by atoms with E-state index in [1.54, 1.807) is 0 Å². The molecule has 1 aliphatic rings. The number of hydrogen-bond donors (Lipinski definition) is 2. The Kier molecular flexibility index (Phi) is 6.89. The van der Waals surface area contributed by atoms with Gasteiger partial charge >= 0.3 is 0 Å². The molecule has 2 unspecified atom stereocenters.